The second-order valence-corrected chi connectivity index (χ2v) is 5.37. The van der Waals surface area contributed by atoms with Crippen molar-refractivity contribution in [2.75, 3.05) is 6.54 Å². The van der Waals surface area contributed by atoms with Crippen molar-refractivity contribution < 1.29 is 12.6 Å². The van der Waals surface area contributed by atoms with Crippen molar-refractivity contribution in [2.45, 2.75) is 24.8 Å². The van der Waals surface area contributed by atoms with E-state index in [2.05, 4.69) is 16.6 Å². The van der Waals surface area contributed by atoms with E-state index >= 15 is 0 Å². The summed E-state index contributed by atoms with van der Waals surface area (Å²) in [7, 11) is -2.46. The molecule has 1 atom stereocenters. The zero-order chi connectivity index (χ0) is 13.6. The monoisotopic (exact) mass is 266 g/mol. The summed E-state index contributed by atoms with van der Waals surface area (Å²) < 4.78 is 28.7. The Hall–Kier alpha value is -1.34. The van der Waals surface area contributed by atoms with E-state index in [0.29, 0.717) is 0 Å². The Kier molecular flexibility index (Phi) is 5.36. The van der Waals surface area contributed by atoms with Crippen molar-refractivity contribution in [1.82, 2.24) is 0 Å². The number of aryl methyl sites for hydroxylation is 1. The quantitative estimate of drug-likeness (QED) is 0.446. The summed E-state index contributed by atoms with van der Waals surface area (Å²) in [5.74, 6) is 0. The molecule has 96 valence electrons. The number of rotatable bonds is 6. The molecule has 0 radical (unpaired) electrons. The summed E-state index contributed by atoms with van der Waals surface area (Å²) in [5, 5.41) is 7.24. The molecule has 0 saturated heterocycles. The van der Waals surface area contributed by atoms with Gasteiger partial charge in [0.25, 0.3) is 0 Å². The van der Waals surface area contributed by atoms with Gasteiger partial charge in [0.05, 0.1) is 0 Å². The van der Waals surface area contributed by atoms with E-state index in [1.54, 1.807) is 19.1 Å². The third-order valence-electron chi connectivity index (χ3n) is 2.10. The van der Waals surface area contributed by atoms with Crippen LogP contribution in [0.15, 0.2) is 39.3 Å². The van der Waals surface area contributed by atoms with Gasteiger partial charge in [-0.25, -0.2) is 0 Å². The van der Waals surface area contributed by atoms with Crippen LogP contribution < -0.4 is 0 Å². The molecule has 1 aromatic rings. The Morgan fingerprint density at radius 1 is 1.39 bits per heavy atom. The maximum absolute atomic E-state index is 11.9. The van der Waals surface area contributed by atoms with Gasteiger partial charge in [-0.05, 0) is 0 Å². The van der Waals surface area contributed by atoms with Crippen LogP contribution >= 0.6 is 0 Å². The Bertz CT molecular complexity index is 526. The van der Waals surface area contributed by atoms with Gasteiger partial charge in [-0.2, -0.15) is 0 Å². The van der Waals surface area contributed by atoms with Crippen molar-refractivity contribution in [3.63, 3.8) is 0 Å². The summed E-state index contributed by atoms with van der Waals surface area (Å²) in [5.41, 5.74) is 0.988. The predicted molar refractivity (Wildman–Crippen MR) is 71.5 cm³/mol. The molecule has 0 aliphatic rings. The van der Waals surface area contributed by atoms with Crippen LogP contribution in [0.25, 0.3) is 0 Å². The van der Waals surface area contributed by atoms with Crippen LogP contribution in [-0.2, 0) is 14.3 Å². The summed E-state index contributed by atoms with van der Waals surface area (Å²) in [6.07, 6.45) is -0.569. The van der Waals surface area contributed by atoms with Crippen molar-refractivity contribution in [1.29, 1.82) is 0 Å². The van der Waals surface area contributed by atoms with E-state index in [9.17, 15) is 8.42 Å². The first-order chi connectivity index (χ1) is 8.45. The van der Waals surface area contributed by atoms with Gasteiger partial charge in [0.15, 0.2) is 0 Å². The zero-order valence-electron chi connectivity index (χ0n) is 10.4. The molecular weight excluding hydrogens is 251 g/mol. The molecule has 0 amide bonds. The predicted octanol–water partition coefficient (Wildman–Crippen LogP) is 1.59. The molecular formula is C11H15BN2O3S. The fourth-order valence-corrected chi connectivity index (χ4v) is 2.30. The molecule has 0 saturated carbocycles. The second-order valence-electron chi connectivity index (χ2n) is 3.80. The first kappa shape index (κ1) is 14.7. The Labute approximate surface area is 108 Å². The van der Waals surface area contributed by atoms with Gasteiger partial charge in [-0.1, -0.05) is 0 Å². The number of hydrogen-bond donors (Lipinski definition) is 0. The zero-order valence-corrected chi connectivity index (χ0v) is 11.2. The number of nitrogens with zero attached hydrogens (tertiary/aromatic N) is 2. The van der Waals surface area contributed by atoms with Gasteiger partial charge in [-0.3, -0.25) is 0 Å². The van der Waals surface area contributed by atoms with Crippen LogP contribution in [0.2, 0.25) is 0 Å². The van der Waals surface area contributed by atoms with E-state index in [4.69, 9.17) is 4.18 Å². The number of hydrogen-bond acceptors (Lipinski definition) is 5. The molecule has 5 nitrogen and oxygen atoms in total. The standard InChI is InChI=1S/C11H15BN2O3S/c1-9-4-6-11(7-5-9)18(15,16)17-10(2)8-13-14-12-3/h4-7,10H,3,8H2,1-2H3/t10-/m0/s1. The van der Waals surface area contributed by atoms with Gasteiger partial charge in [0, 0.05) is 0 Å². The van der Waals surface area contributed by atoms with E-state index in [0.717, 1.165) is 5.56 Å². The molecule has 0 N–H and O–H groups in total. The Balaban J connectivity index is 2.72. The molecule has 18 heavy (non-hydrogen) atoms. The minimum absolute atomic E-state index is 0.139. The summed E-state index contributed by atoms with van der Waals surface area (Å²) in [6, 6.07) is 6.47. The van der Waals surface area contributed by atoms with Crippen LogP contribution in [-0.4, -0.2) is 34.6 Å². The summed E-state index contributed by atoms with van der Waals surface area (Å²) in [6.45, 7) is 7.04. The SMILES string of the molecule is C=BN=NC[C@H](C)OS(=O)(=O)c1ccc(C)cc1. The van der Waals surface area contributed by atoms with E-state index < -0.39 is 16.2 Å². The molecule has 0 aromatic heterocycles. The average molecular weight is 266 g/mol. The van der Waals surface area contributed by atoms with Crippen LogP contribution in [0.5, 0.6) is 0 Å². The topological polar surface area (TPSA) is 68.1 Å². The first-order valence-electron chi connectivity index (χ1n) is 5.43. The summed E-state index contributed by atoms with van der Waals surface area (Å²) >= 11 is 0. The molecule has 7 heteroatoms. The van der Waals surface area contributed by atoms with Gasteiger partial charge in [0.1, 0.15) is 0 Å². The average Bonchev–Trinajstić information content (AvgIpc) is 2.29. The van der Waals surface area contributed by atoms with Crippen molar-refractivity contribution in [3.05, 3.63) is 29.8 Å². The molecule has 0 heterocycles. The summed E-state index contributed by atoms with van der Waals surface area (Å²) in [4.78, 5) is 0.139. The van der Waals surface area contributed by atoms with E-state index in [1.807, 2.05) is 6.92 Å². The van der Waals surface area contributed by atoms with Gasteiger partial charge in [-0.15, -0.1) is 0 Å². The maximum atomic E-state index is 11.9. The molecule has 0 aliphatic heterocycles. The first-order valence-corrected chi connectivity index (χ1v) is 6.84. The molecule has 1 rings (SSSR count). The number of benzene rings is 1. The van der Waals surface area contributed by atoms with E-state index in [1.165, 1.54) is 19.2 Å². The molecule has 1 aromatic carbocycles. The molecule has 0 fully saturated rings. The second kappa shape index (κ2) is 6.56. The molecule has 0 spiro atoms. The van der Waals surface area contributed by atoms with Gasteiger partial charge >= 0.3 is 108 Å². The van der Waals surface area contributed by atoms with E-state index in [-0.39, 0.29) is 11.4 Å². The van der Waals surface area contributed by atoms with Crippen LogP contribution in [0.3, 0.4) is 0 Å². The minimum atomic E-state index is -3.74. The van der Waals surface area contributed by atoms with Crippen molar-refractivity contribution in [3.8, 4) is 0 Å². The third kappa shape index (κ3) is 4.50. The van der Waals surface area contributed by atoms with Crippen LogP contribution in [0.4, 0.5) is 0 Å². The molecule has 0 unspecified atom stereocenters. The van der Waals surface area contributed by atoms with Crippen LogP contribution in [0.1, 0.15) is 12.5 Å². The normalized spacial score (nSPS) is 13.4. The fraction of sp³-hybridized carbons (Fsp3) is 0.364. The van der Waals surface area contributed by atoms with Gasteiger partial charge < -0.3 is 0 Å². The third-order valence-corrected chi connectivity index (χ3v) is 3.53. The molecule has 0 bridgehead atoms. The Morgan fingerprint density at radius 3 is 2.56 bits per heavy atom. The van der Waals surface area contributed by atoms with Crippen molar-refractivity contribution >= 4 is 23.6 Å². The molecule has 0 aliphatic carbocycles. The van der Waals surface area contributed by atoms with Crippen LogP contribution in [0, 0.1) is 6.92 Å². The van der Waals surface area contributed by atoms with Gasteiger partial charge in [0.2, 0.25) is 0 Å². The van der Waals surface area contributed by atoms with Crippen molar-refractivity contribution in [2.24, 2.45) is 10.1 Å². The fourth-order valence-electron chi connectivity index (χ4n) is 1.23. The Morgan fingerprint density at radius 2 is 2.00 bits per heavy atom.